The van der Waals surface area contributed by atoms with E-state index in [1.54, 1.807) is 5.57 Å². The summed E-state index contributed by atoms with van der Waals surface area (Å²) in [5.74, 6) is 3.50. The van der Waals surface area contributed by atoms with Crippen LogP contribution < -0.4 is 0 Å². The third kappa shape index (κ3) is 1.28. The lowest BCUT2D eigenvalue weighted by Gasteiger charge is -2.62. The molecule has 3 nitrogen and oxygen atoms in total. The van der Waals surface area contributed by atoms with E-state index in [-0.39, 0.29) is 11.0 Å². The Balaban J connectivity index is 1.59. The van der Waals surface area contributed by atoms with Crippen molar-refractivity contribution < 1.29 is 14.3 Å². The van der Waals surface area contributed by atoms with Gasteiger partial charge in [0.15, 0.2) is 0 Å². The van der Waals surface area contributed by atoms with Gasteiger partial charge >= 0.3 is 0 Å². The smallest absolute Gasteiger partial charge is 0.139 e. The summed E-state index contributed by atoms with van der Waals surface area (Å²) in [6.45, 7) is 2.17. The Labute approximate surface area is 125 Å². The van der Waals surface area contributed by atoms with Crippen molar-refractivity contribution in [3.05, 3.63) is 11.3 Å². The van der Waals surface area contributed by atoms with Crippen LogP contribution in [0.3, 0.4) is 0 Å². The first-order chi connectivity index (χ1) is 10.0. The van der Waals surface area contributed by atoms with Crippen LogP contribution >= 0.6 is 0 Å². The van der Waals surface area contributed by atoms with Crippen LogP contribution in [-0.4, -0.2) is 17.2 Å². The second-order valence-corrected chi connectivity index (χ2v) is 8.11. The lowest BCUT2D eigenvalue weighted by molar-refractivity contribution is -0.162. The van der Waals surface area contributed by atoms with Crippen molar-refractivity contribution in [2.75, 3.05) is 0 Å². The Morgan fingerprint density at radius 2 is 2.00 bits per heavy atom. The Morgan fingerprint density at radius 1 is 1.14 bits per heavy atom. The van der Waals surface area contributed by atoms with Gasteiger partial charge in [-0.05, 0) is 37.5 Å². The van der Waals surface area contributed by atoms with Crippen molar-refractivity contribution in [2.24, 2.45) is 23.2 Å². The van der Waals surface area contributed by atoms with Crippen molar-refractivity contribution >= 4 is 11.6 Å². The van der Waals surface area contributed by atoms with Gasteiger partial charge in [0.25, 0.3) is 0 Å². The Hall–Kier alpha value is -1.12. The molecule has 0 N–H and O–H groups in total. The molecule has 0 amide bonds. The molecule has 1 heterocycles. The number of ketones is 2. The van der Waals surface area contributed by atoms with Gasteiger partial charge in [0.2, 0.25) is 0 Å². The molecule has 5 aliphatic rings. The highest BCUT2D eigenvalue weighted by molar-refractivity contribution is 5.88. The lowest BCUT2D eigenvalue weighted by Crippen LogP contribution is -2.61. The van der Waals surface area contributed by atoms with E-state index >= 15 is 0 Å². The number of allylic oxidation sites excluding steroid dienone is 1. The summed E-state index contributed by atoms with van der Waals surface area (Å²) in [7, 11) is 0. The van der Waals surface area contributed by atoms with E-state index < -0.39 is 0 Å². The highest BCUT2D eigenvalue weighted by atomic mass is 16.5. The molecule has 0 radical (unpaired) electrons. The third-order valence-electron chi connectivity index (χ3n) is 7.32. The van der Waals surface area contributed by atoms with Gasteiger partial charge in [-0.2, -0.15) is 0 Å². The molecular formula is C18H22O3. The monoisotopic (exact) mass is 286 g/mol. The van der Waals surface area contributed by atoms with Crippen molar-refractivity contribution in [1.82, 2.24) is 0 Å². The van der Waals surface area contributed by atoms with Gasteiger partial charge in [-0.1, -0.05) is 6.92 Å². The van der Waals surface area contributed by atoms with Crippen molar-refractivity contribution in [2.45, 2.75) is 63.9 Å². The zero-order valence-electron chi connectivity index (χ0n) is 12.6. The van der Waals surface area contributed by atoms with Crippen LogP contribution in [0.5, 0.6) is 0 Å². The van der Waals surface area contributed by atoms with Crippen LogP contribution in [0.15, 0.2) is 11.3 Å². The number of rotatable bonds is 0. The van der Waals surface area contributed by atoms with Crippen molar-refractivity contribution in [1.29, 1.82) is 0 Å². The molecule has 21 heavy (non-hydrogen) atoms. The second kappa shape index (κ2) is 3.61. The number of ether oxygens (including phenoxy) is 1. The molecule has 0 bridgehead atoms. The first-order valence-electron chi connectivity index (χ1n) is 8.52. The van der Waals surface area contributed by atoms with Crippen molar-refractivity contribution in [3.8, 4) is 0 Å². The summed E-state index contributed by atoms with van der Waals surface area (Å²) in [5.41, 5.74) is 1.28. The Morgan fingerprint density at radius 3 is 2.86 bits per heavy atom. The van der Waals surface area contributed by atoms with Crippen LogP contribution in [-0.2, 0) is 14.3 Å². The van der Waals surface area contributed by atoms with Crippen LogP contribution in [0.25, 0.3) is 0 Å². The molecular weight excluding hydrogens is 264 g/mol. The maximum absolute atomic E-state index is 12.4. The predicted octanol–water partition coefficient (Wildman–Crippen LogP) is 3.18. The van der Waals surface area contributed by atoms with Crippen LogP contribution in [0.2, 0.25) is 0 Å². The predicted molar refractivity (Wildman–Crippen MR) is 76.4 cm³/mol. The van der Waals surface area contributed by atoms with E-state index in [1.807, 2.05) is 0 Å². The molecule has 3 fully saturated rings. The highest BCUT2D eigenvalue weighted by Gasteiger charge is 2.66. The minimum Gasteiger partial charge on any atom is -0.487 e. The fraction of sp³-hybridized carbons (Fsp3) is 0.778. The number of hydrogen-bond donors (Lipinski definition) is 0. The normalized spacial score (nSPS) is 50.8. The van der Waals surface area contributed by atoms with Gasteiger partial charge in [0, 0.05) is 42.6 Å². The SMILES string of the molecule is C[C@]12CC3=C4[C@@H](CCC5CC(=O)CC[C@@]45O3)[C@@H]1CCC2=O. The molecule has 1 spiro atoms. The first-order valence-corrected chi connectivity index (χ1v) is 8.52. The minimum absolute atomic E-state index is 0.0981. The zero-order chi connectivity index (χ0) is 14.4. The van der Waals surface area contributed by atoms with Gasteiger partial charge in [0.05, 0.1) is 0 Å². The van der Waals surface area contributed by atoms with E-state index in [4.69, 9.17) is 4.74 Å². The molecule has 4 aliphatic carbocycles. The van der Waals surface area contributed by atoms with Crippen molar-refractivity contribution in [3.63, 3.8) is 0 Å². The quantitative estimate of drug-likeness (QED) is 0.687. The molecule has 0 aromatic carbocycles. The summed E-state index contributed by atoms with van der Waals surface area (Å²) in [5, 5.41) is 0. The minimum atomic E-state index is -0.164. The average Bonchev–Trinajstić information content (AvgIpc) is 2.73. The molecule has 3 heteroatoms. The fourth-order valence-electron chi connectivity index (χ4n) is 6.30. The van der Waals surface area contributed by atoms with E-state index in [1.165, 1.54) is 0 Å². The van der Waals surface area contributed by atoms with E-state index in [2.05, 4.69) is 6.92 Å². The van der Waals surface area contributed by atoms with Gasteiger partial charge in [0.1, 0.15) is 22.9 Å². The summed E-state index contributed by atoms with van der Waals surface area (Å²) in [4.78, 5) is 24.2. The number of hydrogen-bond acceptors (Lipinski definition) is 3. The maximum Gasteiger partial charge on any atom is 0.139 e. The largest absolute Gasteiger partial charge is 0.487 e. The number of carbonyl (C=O) groups excluding carboxylic acids is 2. The molecule has 0 aromatic heterocycles. The van der Waals surface area contributed by atoms with E-state index in [0.717, 1.165) is 44.3 Å². The third-order valence-corrected chi connectivity index (χ3v) is 7.32. The molecule has 0 saturated heterocycles. The molecule has 1 aliphatic heterocycles. The molecule has 1 unspecified atom stereocenters. The molecule has 0 aromatic rings. The Kier molecular flexibility index (Phi) is 2.14. The maximum atomic E-state index is 12.4. The summed E-state index contributed by atoms with van der Waals surface area (Å²) in [6, 6.07) is 0. The van der Waals surface area contributed by atoms with Crippen LogP contribution in [0.4, 0.5) is 0 Å². The topological polar surface area (TPSA) is 43.4 Å². The number of carbonyl (C=O) groups is 2. The lowest BCUT2D eigenvalue weighted by atomic mass is 9.50. The Bertz CT molecular complexity index is 604. The standard InChI is InChI=1S/C18H22O3/c1-17-9-14-16-12(13(17)4-5-15(17)20)3-2-10-8-11(19)6-7-18(10,16)21-14/h10,12-13H,2-9H2,1H3/t10?,12-,13-,17-,18-/m0/s1. The van der Waals surface area contributed by atoms with Crippen LogP contribution in [0.1, 0.15) is 58.3 Å². The number of Topliss-reactive ketones (excluding diaryl/α,β-unsaturated/α-hetero) is 2. The molecule has 3 saturated carbocycles. The summed E-state index contributed by atoms with van der Waals surface area (Å²) in [6.07, 6.45) is 7.20. The van der Waals surface area contributed by atoms with Gasteiger partial charge in [-0.3, -0.25) is 9.59 Å². The summed E-state index contributed by atoms with van der Waals surface area (Å²) >= 11 is 0. The zero-order valence-corrected chi connectivity index (χ0v) is 12.6. The van der Waals surface area contributed by atoms with E-state index in [0.29, 0.717) is 42.2 Å². The second-order valence-electron chi connectivity index (χ2n) is 8.11. The molecule has 5 atom stereocenters. The van der Waals surface area contributed by atoms with Crippen LogP contribution in [0, 0.1) is 23.2 Å². The highest BCUT2D eigenvalue weighted by Crippen LogP contribution is 2.67. The van der Waals surface area contributed by atoms with E-state index in [9.17, 15) is 9.59 Å². The van der Waals surface area contributed by atoms with Gasteiger partial charge in [-0.25, -0.2) is 0 Å². The molecule has 112 valence electrons. The first kappa shape index (κ1) is 12.4. The fourth-order valence-corrected chi connectivity index (χ4v) is 6.30. The average molecular weight is 286 g/mol. The number of fused-ring (bicyclic) bond motifs is 2. The van der Waals surface area contributed by atoms with Gasteiger partial charge in [-0.15, -0.1) is 0 Å². The van der Waals surface area contributed by atoms with Gasteiger partial charge < -0.3 is 4.74 Å². The molecule has 5 rings (SSSR count). The summed E-state index contributed by atoms with van der Waals surface area (Å²) < 4.78 is 6.35.